The fourth-order valence-corrected chi connectivity index (χ4v) is 3.98. The first-order chi connectivity index (χ1) is 14.1. The van der Waals surface area contributed by atoms with Crippen LogP contribution < -0.4 is 30.7 Å². The molecule has 8 nitrogen and oxygen atoms in total. The maximum atomic E-state index is 12.8. The van der Waals surface area contributed by atoms with Gasteiger partial charge in [-0.25, -0.2) is 0 Å². The van der Waals surface area contributed by atoms with Crippen LogP contribution in [0.3, 0.4) is 0 Å². The van der Waals surface area contributed by atoms with Crippen LogP contribution in [0.4, 0.5) is 11.4 Å². The number of rotatable bonds is 13. The van der Waals surface area contributed by atoms with Gasteiger partial charge in [0.1, 0.15) is 11.5 Å². The van der Waals surface area contributed by atoms with Gasteiger partial charge in [0.15, 0.2) is 0 Å². The second-order valence-corrected chi connectivity index (χ2v) is 8.28. The molecule has 160 valence electrons. The zero-order chi connectivity index (χ0) is 21.1. The molecule has 0 aliphatic carbocycles. The van der Waals surface area contributed by atoms with Crippen molar-refractivity contribution in [3.63, 3.8) is 0 Å². The van der Waals surface area contributed by atoms with Crippen molar-refractivity contribution >= 4 is 24.3 Å². The normalized spacial score (nSPS) is 11.2. The summed E-state index contributed by atoms with van der Waals surface area (Å²) < 4.78 is 33.5. The Morgan fingerprint density at radius 3 is 1.93 bits per heavy atom. The summed E-state index contributed by atoms with van der Waals surface area (Å²) in [5, 5.41) is 10.4. The number of hydrogen-bond donors (Lipinski definition) is 3. The Morgan fingerprint density at radius 1 is 0.759 bits per heavy atom. The van der Waals surface area contributed by atoms with Gasteiger partial charge < -0.3 is 34.5 Å². The zero-order valence-corrected chi connectivity index (χ0v) is 18.3. The summed E-state index contributed by atoms with van der Waals surface area (Å²) in [6.45, 7) is 2.98. The Kier molecular flexibility index (Phi) is 9.28. The molecular weight excluding hydrogens is 393 g/mol. The lowest BCUT2D eigenvalue weighted by atomic mass is 10.3. The Balaban J connectivity index is 1.79. The highest BCUT2D eigenvalue weighted by molar-refractivity contribution is 7.62. The number of anilines is 2. The van der Waals surface area contributed by atoms with Crippen LogP contribution in [0, 0.1) is 0 Å². The summed E-state index contributed by atoms with van der Waals surface area (Å²) in [5.74, 6) is 1.42. The molecule has 0 aliphatic rings. The summed E-state index contributed by atoms with van der Waals surface area (Å²) >= 11 is 0. The van der Waals surface area contributed by atoms with Crippen LogP contribution in [0.25, 0.3) is 0 Å². The van der Waals surface area contributed by atoms with E-state index in [1.54, 1.807) is 26.4 Å². The molecule has 0 fully saturated rings. The highest BCUT2D eigenvalue weighted by atomic mass is 31.2. The minimum Gasteiger partial charge on any atom is -0.497 e. The number of ether oxygens (including phenoxy) is 2. The van der Waals surface area contributed by atoms with E-state index in [2.05, 4.69) is 16.0 Å². The maximum absolute atomic E-state index is 12.8. The van der Waals surface area contributed by atoms with Gasteiger partial charge in [0.2, 0.25) is 0 Å². The SMILES string of the molecule is COc1ccc(NCCNCCNc2ccc(OC)cc2P(=O)(OC)OC)cc1. The molecular formula is C20H30N3O5P. The van der Waals surface area contributed by atoms with Gasteiger partial charge in [-0.15, -0.1) is 0 Å². The molecule has 3 N–H and O–H groups in total. The molecule has 2 aromatic carbocycles. The third-order valence-electron chi connectivity index (χ3n) is 4.32. The minimum atomic E-state index is -3.40. The second-order valence-electron chi connectivity index (χ2n) is 6.08. The average molecular weight is 423 g/mol. The van der Waals surface area contributed by atoms with Crippen LogP contribution in [-0.2, 0) is 13.6 Å². The lowest BCUT2D eigenvalue weighted by molar-refractivity contribution is 0.287. The maximum Gasteiger partial charge on any atom is 0.363 e. The van der Waals surface area contributed by atoms with Crippen molar-refractivity contribution in [3.8, 4) is 11.5 Å². The third-order valence-corrected chi connectivity index (χ3v) is 6.24. The van der Waals surface area contributed by atoms with Gasteiger partial charge in [-0.1, -0.05) is 0 Å². The third kappa shape index (κ3) is 6.65. The summed E-state index contributed by atoms with van der Waals surface area (Å²) in [6.07, 6.45) is 0. The molecule has 0 heterocycles. The van der Waals surface area contributed by atoms with Gasteiger partial charge >= 0.3 is 7.60 Å². The monoisotopic (exact) mass is 423 g/mol. The molecule has 2 rings (SSSR count). The van der Waals surface area contributed by atoms with Crippen LogP contribution in [0.2, 0.25) is 0 Å². The summed E-state index contributed by atoms with van der Waals surface area (Å²) in [7, 11) is 2.54. The molecule has 0 radical (unpaired) electrons. The van der Waals surface area contributed by atoms with Crippen LogP contribution >= 0.6 is 7.60 Å². The number of benzene rings is 2. The molecule has 0 saturated heterocycles. The quantitative estimate of drug-likeness (QED) is 0.335. The van der Waals surface area contributed by atoms with Gasteiger partial charge in [-0.05, 0) is 42.5 Å². The molecule has 0 saturated carbocycles. The Labute approximate surface area is 172 Å². The van der Waals surface area contributed by atoms with E-state index in [9.17, 15) is 4.57 Å². The van der Waals surface area contributed by atoms with Crippen LogP contribution in [-0.4, -0.2) is 54.6 Å². The molecule has 0 spiro atoms. The van der Waals surface area contributed by atoms with Crippen molar-refractivity contribution in [2.45, 2.75) is 0 Å². The standard InChI is InChI=1S/C20H30N3O5P/c1-25-17-7-5-16(6-8-17)22-13-11-21-12-14-23-19-10-9-18(26-2)15-20(19)29(24,27-3)28-4/h5-10,15,21-23H,11-14H2,1-4H3. The number of hydrogen-bond acceptors (Lipinski definition) is 8. The lowest BCUT2D eigenvalue weighted by Gasteiger charge is -2.19. The van der Waals surface area contributed by atoms with Crippen molar-refractivity contribution in [1.82, 2.24) is 5.32 Å². The summed E-state index contributed by atoms with van der Waals surface area (Å²) in [6, 6.07) is 13.1. The first-order valence-electron chi connectivity index (χ1n) is 9.29. The van der Waals surface area contributed by atoms with E-state index in [1.165, 1.54) is 14.2 Å². The smallest absolute Gasteiger partial charge is 0.363 e. The highest BCUT2D eigenvalue weighted by Gasteiger charge is 2.28. The Morgan fingerprint density at radius 2 is 1.34 bits per heavy atom. The van der Waals surface area contributed by atoms with Crippen molar-refractivity contribution in [2.24, 2.45) is 0 Å². The van der Waals surface area contributed by atoms with E-state index in [0.29, 0.717) is 23.3 Å². The molecule has 0 unspecified atom stereocenters. The Hall–Kier alpha value is -2.25. The number of nitrogens with one attached hydrogen (secondary N) is 3. The minimum absolute atomic E-state index is 0.447. The number of methoxy groups -OCH3 is 2. The highest BCUT2D eigenvalue weighted by Crippen LogP contribution is 2.47. The van der Waals surface area contributed by atoms with Crippen LogP contribution in [0.5, 0.6) is 11.5 Å². The van der Waals surface area contributed by atoms with Gasteiger partial charge in [0.25, 0.3) is 0 Å². The van der Waals surface area contributed by atoms with Gasteiger partial charge in [-0.3, -0.25) is 4.57 Å². The van der Waals surface area contributed by atoms with E-state index in [0.717, 1.165) is 31.1 Å². The van der Waals surface area contributed by atoms with Crippen LogP contribution in [0.15, 0.2) is 42.5 Å². The molecule has 0 bridgehead atoms. The second kappa shape index (κ2) is 11.7. The van der Waals surface area contributed by atoms with Crippen molar-refractivity contribution in [3.05, 3.63) is 42.5 Å². The first-order valence-corrected chi connectivity index (χ1v) is 10.8. The van der Waals surface area contributed by atoms with Crippen LogP contribution in [0.1, 0.15) is 0 Å². The largest absolute Gasteiger partial charge is 0.497 e. The molecule has 0 amide bonds. The summed E-state index contributed by atoms with van der Waals surface area (Å²) in [4.78, 5) is 0. The average Bonchev–Trinajstić information content (AvgIpc) is 2.78. The zero-order valence-electron chi connectivity index (χ0n) is 17.4. The van der Waals surface area contributed by atoms with Gasteiger partial charge in [0.05, 0.1) is 19.5 Å². The molecule has 2 aromatic rings. The molecule has 0 atom stereocenters. The fourth-order valence-electron chi connectivity index (χ4n) is 2.70. The molecule has 0 aromatic heterocycles. The van der Waals surface area contributed by atoms with Gasteiger partial charge in [-0.2, -0.15) is 0 Å². The first kappa shape index (κ1) is 23.0. The predicted molar refractivity (Wildman–Crippen MR) is 117 cm³/mol. The molecule has 9 heteroatoms. The molecule has 29 heavy (non-hydrogen) atoms. The lowest BCUT2D eigenvalue weighted by Crippen LogP contribution is -2.28. The van der Waals surface area contributed by atoms with E-state index in [4.69, 9.17) is 18.5 Å². The summed E-state index contributed by atoms with van der Waals surface area (Å²) in [5.41, 5.74) is 1.74. The van der Waals surface area contributed by atoms with Crippen molar-refractivity contribution < 1.29 is 23.1 Å². The van der Waals surface area contributed by atoms with E-state index in [1.807, 2.05) is 30.3 Å². The fraction of sp³-hybridized carbons (Fsp3) is 0.400. The van der Waals surface area contributed by atoms with Crippen molar-refractivity contribution in [1.29, 1.82) is 0 Å². The Bertz CT molecular complexity index is 793. The topological polar surface area (TPSA) is 90.1 Å². The van der Waals surface area contributed by atoms with E-state index < -0.39 is 7.60 Å². The van der Waals surface area contributed by atoms with Gasteiger partial charge in [0, 0.05) is 51.8 Å². The van der Waals surface area contributed by atoms with E-state index in [-0.39, 0.29) is 0 Å². The van der Waals surface area contributed by atoms with E-state index >= 15 is 0 Å². The predicted octanol–water partition coefficient (Wildman–Crippen LogP) is 2.93. The van der Waals surface area contributed by atoms with Crippen molar-refractivity contribution in [2.75, 3.05) is 65.3 Å². The molecule has 0 aliphatic heterocycles.